The number of nitrogens with one attached hydrogen (secondary N) is 1. The molecular weight excluding hydrogens is 341 g/mol. The first kappa shape index (κ1) is 14.5. The van der Waals surface area contributed by atoms with Gasteiger partial charge in [-0.05, 0) is 53.4 Å². The number of rotatable bonds is 2. The van der Waals surface area contributed by atoms with Crippen LogP contribution < -0.4 is 0 Å². The number of halogens is 2. The Hall–Kier alpha value is -1.40. The van der Waals surface area contributed by atoms with Crippen LogP contribution in [0.25, 0.3) is 10.9 Å². The minimum absolute atomic E-state index is 0.162. The Morgan fingerprint density at radius 3 is 3.00 bits per heavy atom. The fourth-order valence-corrected chi connectivity index (χ4v) is 3.61. The molecule has 1 unspecified atom stereocenters. The van der Waals surface area contributed by atoms with Gasteiger partial charge in [0.15, 0.2) is 0 Å². The second-order valence-corrected chi connectivity index (χ2v) is 6.41. The van der Waals surface area contributed by atoms with Gasteiger partial charge in [-0.15, -0.1) is 0 Å². The summed E-state index contributed by atoms with van der Waals surface area (Å²) in [6.07, 6.45) is 0.469. The van der Waals surface area contributed by atoms with Crippen LogP contribution in [0.15, 0.2) is 10.5 Å². The Morgan fingerprint density at radius 1 is 1.62 bits per heavy atom. The van der Waals surface area contributed by atoms with Crippen molar-refractivity contribution < 1.29 is 19.0 Å². The van der Waals surface area contributed by atoms with Gasteiger partial charge >= 0.3 is 5.97 Å². The average molecular weight is 356 g/mol. The normalized spacial score (nSPS) is 21.5. The molecule has 21 heavy (non-hydrogen) atoms. The highest BCUT2D eigenvalue weighted by Gasteiger charge is 2.38. The molecule has 0 spiro atoms. The van der Waals surface area contributed by atoms with E-state index in [2.05, 4.69) is 20.9 Å². The minimum atomic E-state index is -0.960. The van der Waals surface area contributed by atoms with Crippen molar-refractivity contribution in [2.24, 2.45) is 0 Å². The largest absolute Gasteiger partial charge is 0.481 e. The van der Waals surface area contributed by atoms with E-state index >= 15 is 0 Å². The summed E-state index contributed by atoms with van der Waals surface area (Å²) in [6.45, 7) is 3.99. The van der Waals surface area contributed by atoms with Crippen molar-refractivity contribution >= 4 is 32.8 Å². The molecule has 0 amide bonds. The number of aromatic amines is 1. The first-order chi connectivity index (χ1) is 9.83. The van der Waals surface area contributed by atoms with E-state index in [4.69, 9.17) is 9.84 Å². The molecule has 3 rings (SSSR count). The van der Waals surface area contributed by atoms with Gasteiger partial charge in [-0.3, -0.25) is 4.79 Å². The quantitative estimate of drug-likeness (QED) is 0.864. The molecule has 1 aromatic carbocycles. The van der Waals surface area contributed by atoms with Crippen molar-refractivity contribution in [3.63, 3.8) is 0 Å². The number of carboxylic acid groups (broad SMARTS) is 1. The van der Waals surface area contributed by atoms with Gasteiger partial charge in [-0.2, -0.15) is 0 Å². The molecule has 1 aromatic heterocycles. The van der Waals surface area contributed by atoms with Gasteiger partial charge in [-0.25, -0.2) is 4.39 Å². The fourth-order valence-electron chi connectivity index (χ4n) is 3.06. The van der Waals surface area contributed by atoms with Crippen molar-refractivity contribution in [1.29, 1.82) is 0 Å². The predicted octanol–water partition coefficient (Wildman–Crippen LogP) is 3.64. The molecule has 4 nitrogen and oxygen atoms in total. The Morgan fingerprint density at radius 2 is 2.33 bits per heavy atom. The minimum Gasteiger partial charge on any atom is -0.481 e. The summed E-state index contributed by atoms with van der Waals surface area (Å²) in [4.78, 5) is 14.2. The second-order valence-electron chi connectivity index (χ2n) is 5.62. The maximum absolute atomic E-state index is 14.2. The van der Waals surface area contributed by atoms with E-state index in [1.54, 1.807) is 6.92 Å². The second kappa shape index (κ2) is 4.81. The van der Waals surface area contributed by atoms with E-state index < -0.39 is 11.6 Å². The summed E-state index contributed by atoms with van der Waals surface area (Å²) in [5, 5.41) is 9.90. The van der Waals surface area contributed by atoms with Crippen LogP contribution in [0.5, 0.6) is 0 Å². The molecule has 2 N–H and O–H groups in total. The lowest BCUT2D eigenvalue weighted by molar-refractivity contribution is -0.146. The Kier molecular flexibility index (Phi) is 3.33. The van der Waals surface area contributed by atoms with Gasteiger partial charge in [-0.1, -0.05) is 0 Å². The molecule has 0 fully saturated rings. The number of aromatic nitrogens is 1. The molecule has 112 valence electrons. The van der Waals surface area contributed by atoms with Crippen LogP contribution in [-0.2, 0) is 21.6 Å². The number of carbonyl (C=O) groups is 1. The number of H-pyrrole nitrogens is 1. The number of benzene rings is 1. The van der Waals surface area contributed by atoms with E-state index in [1.165, 1.54) is 6.07 Å². The van der Waals surface area contributed by atoms with Crippen molar-refractivity contribution in [1.82, 2.24) is 4.98 Å². The van der Waals surface area contributed by atoms with Gasteiger partial charge in [0.1, 0.15) is 11.4 Å². The van der Waals surface area contributed by atoms with Gasteiger partial charge in [0.25, 0.3) is 0 Å². The van der Waals surface area contributed by atoms with Crippen LogP contribution in [0.2, 0.25) is 0 Å². The molecule has 2 heterocycles. The smallest absolute Gasteiger partial charge is 0.306 e. The van der Waals surface area contributed by atoms with Crippen LogP contribution >= 0.6 is 15.9 Å². The number of ether oxygens (including phenoxy) is 1. The molecule has 0 radical (unpaired) electrons. The molecule has 2 aromatic rings. The van der Waals surface area contributed by atoms with Gasteiger partial charge in [0.05, 0.1) is 24.2 Å². The molecule has 0 bridgehead atoms. The number of fused-ring (bicyclic) bond motifs is 3. The lowest BCUT2D eigenvalue weighted by Crippen LogP contribution is -2.34. The summed E-state index contributed by atoms with van der Waals surface area (Å²) in [5.74, 6) is -1.28. The Balaban J connectivity index is 2.31. The van der Waals surface area contributed by atoms with Crippen LogP contribution in [0.1, 0.15) is 30.2 Å². The summed E-state index contributed by atoms with van der Waals surface area (Å²) in [5.41, 5.74) is 1.86. The van der Waals surface area contributed by atoms with Crippen LogP contribution in [0.4, 0.5) is 4.39 Å². The standard InChI is InChI=1S/C15H15BrFNO3/c1-7-5-9(17)13-11(12(7)16)8-3-4-21-15(2,6-10(19)20)14(8)18-13/h5,18H,3-4,6H2,1-2H3,(H,19,20). The predicted molar refractivity (Wildman–Crippen MR) is 80.0 cm³/mol. The zero-order chi connectivity index (χ0) is 15.4. The molecular formula is C15H15BrFNO3. The van der Waals surface area contributed by atoms with E-state index in [0.717, 1.165) is 21.0 Å². The van der Waals surface area contributed by atoms with Crippen LogP contribution in [-0.4, -0.2) is 22.7 Å². The van der Waals surface area contributed by atoms with Crippen molar-refractivity contribution in [2.45, 2.75) is 32.3 Å². The molecule has 1 atom stereocenters. The van der Waals surface area contributed by atoms with Crippen LogP contribution in [0.3, 0.4) is 0 Å². The molecule has 1 aliphatic rings. The highest BCUT2D eigenvalue weighted by Crippen LogP contribution is 2.42. The van der Waals surface area contributed by atoms with Gasteiger partial charge < -0.3 is 14.8 Å². The topological polar surface area (TPSA) is 62.3 Å². The summed E-state index contributed by atoms with van der Waals surface area (Å²) in [7, 11) is 0. The lowest BCUT2D eigenvalue weighted by Gasteiger charge is -2.32. The maximum Gasteiger partial charge on any atom is 0.306 e. The Bertz CT molecular complexity index is 755. The van der Waals surface area contributed by atoms with E-state index in [-0.39, 0.29) is 12.2 Å². The highest BCUT2D eigenvalue weighted by molar-refractivity contribution is 9.10. The first-order valence-corrected chi connectivity index (χ1v) is 7.48. The van der Waals surface area contributed by atoms with E-state index in [9.17, 15) is 9.18 Å². The summed E-state index contributed by atoms with van der Waals surface area (Å²) >= 11 is 3.52. The number of hydrogen-bond donors (Lipinski definition) is 2. The Labute approximate surface area is 129 Å². The number of carboxylic acids is 1. The highest BCUT2D eigenvalue weighted by atomic mass is 79.9. The van der Waals surface area contributed by atoms with Crippen LogP contribution in [0, 0.1) is 12.7 Å². The average Bonchev–Trinajstić information content (AvgIpc) is 2.77. The molecule has 0 aliphatic carbocycles. The third kappa shape index (κ3) is 2.17. The SMILES string of the molecule is Cc1cc(F)c2[nH]c3c(c2c1Br)CCOC3(C)CC(=O)O. The number of aliphatic carboxylic acids is 1. The fraction of sp³-hybridized carbons (Fsp3) is 0.400. The zero-order valence-electron chi connectivity index (χ0n) is 11.7. The van der Waals surface area contributed by atoms with Crippen molar-refractivity contribution in [2.75, 3.05) is 6.61 Å². The summed E-state index contributed by atoms with van der Waals surface area (Å²) in [6, 6.07) is 1.46. The van der Waals surface area contributed by atoms with Gasteiger partial charge in [0.2, 0.25) is 0 Å². The lowest BCUT2D eigenvalue weighted by atomic mass is 9.90. The number of aryl methyl sites for hydroxylation is 1. The van der Waals surface area contributed by atoms with Crippen molar-refractivity contribution in [3.05, 3.63) is 33.2 Å². The van der Waals surface area contributed by atoms with Gasteiger partial charge in [0, 0.05) is 9.86 Å². The molecule has 1 aliphatic heterocycles. The zero-order valence-corrected chi connectivity index (χ0v) is 13.3. The van der Waals surface area contributed by atoms with Crippen molar-refractivity contribution in [3.8, 4) is 0 Å². The molecule has 0 saturated carbocycles. The van der Waals surface area contributed by atoms with E-state index in [0.29, 0.717) is 24.2 Å². The summed E-state index contributed by atoms with van der Waals surface area (Å²) < 4.78 is 20.8. The van der Waals surface area contributed by atoms with E-state index in [1.807, 2.05) is 6.92 Å². The first-order valence-electron chi connectivity index (χ1n) is 6.69. The maximum atomic E-state index is 14.2. The third-order valence-electron chi connectivity index (χ3n) is 4.04. The number of hydrogen-bond acceptors (Lipinski definition) is 2. The monoisotopic (exact) mass is 355 g/mol. The molecule has 0 saturated heterocycles. The molecule has 6 heteroatoms. The third-order valence-corrected chi connectivity index (χ3v) is 5.06.